The second kappa shape index (κ2) is 5.29. The van der Waals surface area contributed by atoms with Crippen LogP contribution in [-0.4, -0.2) is 16.7 Å². The van der Waals surface area contributed by atoms with Crippen molar-refractivity contribution in [2.24, 2.45) is 0 Å². The van der Waals surface area contributed by atoms with Gasteiger partial charge in [0.2, 0.25) is 0 Å². The molecule has 0 unspecified atom stereocenters. The van der Waals surface area contributed by atoms with Crippen LogP contribution in [-0.2, 0) is 6.54 Å². The smallest absolute Gasteiger partial charge is 0.122 e. The topological polar surface area (TPSA) is 27.1 Å². The van der Waals surface area contributed by atoms with Gasteiger partial charge in [-0.2, -0.15) is 0 Å². The molecule has 0 N–H and O–H groups in total. The maximum Gasteiger partial charge on any atom is 0.122 e. The van der Waals surface area contributed by atoms with Crippen LogP contribution < -0.4 is 4.74 Å². The number of ether oxygens (including phenoxy) is 1. The van der Waals surface area contributed by atoms with E-state index in [1.165, 1.54) is 10.9 Å². The van der Waals surface area contributed by atoms with E-state index in [1.54, 1.807) is 7.11 Å². The summed E-state index contributed by atoms with van der Waals surface area (Å²) in [5.41, 5.74) is 3.16. The molecule has 20 heavy (non-hydrogen) atoms. The van der Waals surface area contributed by atoms with E-state index in [2.05, 4.69) is 49.9 Å². The number of aromatic nitrogens is 2. The van der Waals surface area contributed by atoms with Gasteiger partial charge in [0.05, 0.1) is 19.3 Å². The minimum Gasteiger partial charge on any atom is -0.497 e. The number of hydrogen-bond acceptors (Lipinski definition) is 2. The summed E-state index contributed by atoms with van der Waals surface area (Å²) in [6, 6.07) is 12.3. The molecule has 3 rings (SSSR count). The van der Waals surface area contributed by atoms with Gasteiger partial charge in [0.1, 0.15) is 5.75 Å². The van der Waals surface area contributed by atoms with Crippen LogP contribution >= 0.6 is 15.9 Å². The maximum absolute atomic E-state index is 5.30. The molecule has 0 radical (unpaired) electrons. The Morgan fingerprint density at radius 3 is 2.90 bits per heavy atom. The summed E-state index contributed by atoms with van der Waals surface area (Å²) < 4.78 is 8.61. The first-order chi connectivity index (χ1) is 9.67. The normalized spacial score (nSPS) is 10.9. The van der Waals surface area contributed by atoms with Gasteiger partial charge in [-0.15, -0.1) is 0 Å². The molecule has 0 saturated carbocycles. The second-order valence-electron chi connectivity index (χ2n) is 4.76. The molecule has 0 atom stereocenters. The average molecular weight is 331 g/mol. The summed E-state index contributed by atoms with van der Waals surface area (Å²) in [6.07, 6.45) is 2.09. The third-order valence-corrected chi connectivity index (χ3v) is 4.00. The molecule has 0 aliphatic heterocycles. The zero-order valence-corrected chi connectivity index (χ0v) is 13.0. The van der Waals surface area contributed by atoms with E-state index in [9.17, 15) is 0 Å². The van der Waals surface area contributed by atoms with Crippen LogP contribution in [0, 0.1) is 6.92 Å². The molecule has 0 fully saturated rings. The molecule has 1 aromatic carbocycles. The van der Waals surface area contributed by atoms with E-state index >= 15 is 0 Å². The summed E-state index contributed by atoms with van der Waals surface area (Å²) in [5.74, 6) is 0.852. The fourth-order valence-corrected chi connectivity index (χ4v) is 2.89. The number of rotatable bonds is 3. The number of methoxy groups -OCH3 is 1. The highest BCUT2D eigenvalue weighted by atomic mass is 79.9. The highest BCUT2D eigenvalue weighted by Crippen LogP contribution is 2.25. The number of aryl methyl sites for hydroxylation is 1. The van der Waals surface area contributed by atoms with Crippen molar-refractivity contribution >= 4 is 26.8 Å². The monoisotopic (exact) mass is 330 g/mol. The van der Waals surface area contributed by atoms with Crippen molar-refractivity contribution in [3.05, 3.63) is 58.5 Å². The summed E-state index contributed by atoms with van der Waals surface area (Å²) in [5, 5.41) is 1.21. The van der Waals surface area contributed by atoms with Crippen molar-refractivity contribution in [1.29, 1.82) is 0 Å². The number of halogens is 1. The van der Waals surface area contributed by atoms with Gasteiger partial charge in [0.25, 0.3) is 0 Å². The number of fused-ring (bicyclic) bond motifs is 1. The van der Waals surface area contributed by atoms with Crippen molar-refractivity contribution in [2.45, 2.75) is 13.5 Å². The lowest BCUT2D eigenvalue weighted by molar-refractivity contribution is 0.413. The first kappa shape index (κ1) is 13.2. The molecular formula is C16H15BrN2O. The fourth-order valence-electron chi connectivity index (χ4n) is 2.40. The number of benzene rings is 1. The van der Waals surface area contributed by atoms with Gasteiger partial charge in [-0.1, -0.05) is 22.0 Å². The third kappa shape index (κ3) is 2.43. The Balaban J connectivity index is 2.01. The predicted molar refractivity (Wildman–Crippen MR) is 84.3 cm³/mol. The van der Waals surface area contributed by atoms with Crippen LogP contribution in [0.4, 0.5) is 0 Å². The molecule has 0 aliphatic rings. The lowest BCUT2D eigenvalue weighted by Gasteiger charge is -2.08. The summed E-state index contributed by atoms with van der Waals surface area (Å²) in [4.78, 5) is 4.57. The van der Waals surface area contributed by atoms with Gasteiger partial charge < -0.3 is 9.30 Å². The zero-order chi connectivity index (χ0) is 14.1. The highest BCUT2D eigenvalue weighted by molar-refractivity contribution is 9.10. The molecule has 2 aromatic heterocycles. The van der Waals surface area contributed by atoms with Crippen LogP contribution in [0.15, 0.2) is 47.1 Å². The van der Waals surface area contributed by atoms with Gasteiger partial charge in [0, 0.05) is 39.4 Å². The van der Waals surface area contributed by atoms with Crippen molar-refractivity contribution in [3.8, 4) is 5.75 Å². The molecule has 3 aromatic rings. The minimum atomic E-state index is 0.734. The minimum absolute atomic E-state index is 0.734. The van der Waals surface area contributed by atoms with Gasteiger partial charge in [-0.05, 0) is 25.1 Å². The SMILES string of the molecule is COc1cc(C)nc(Cn2ccc3c(Br)cccc32)c1. The molecule has 0 amide bonds. The lowest BCUT2D eigenvalue weighted by Crippen LogP contribution is -2.02. The Bertz CT molecular complexity index is 764. The second-order valence-corrected chi connectivity index (χ2v) is 5.61. The van der Waals surface area contributed by atoms with Crippen LogP contribution in [0.2, 0.25) is 0 Å². The first-order valence-electron chi connectivity index (χ1n) is 6.42. The Hall–Kier alpha value is -1.81. The van der Waals surface area contributed by atoms with Crippen LogP contribution in [0.3, 0.4) is 0 Å². The molecule has 0 spiro atoms. The van der Waals surface area contributed by atoms with E-state index in [4.69, 9.17) is 4.74 Å². The Morgan fingerprint density at radius 1 is 1.25 bits per heavy atom. The largest absolute Gasteiger partial charge is 0.497 e. The number of nitrogens with zero attached hydrogens (tertiary/aromatic N) is 2. The Labute approximate surface area is 126 Å². The van der Waals surface area contributed by atoms with Crippen molar-refractivity contribution < 1.29 is 4.74 Å². The van der Waals surface area contributed by atoms with Crippen molar-refractivity contribution in [3.63, 3.8) is 0 Å². The quantitative estimate of drug-likeness (QED) is 0.720. The van der Waals surface area contributed by atoms with E-state index in [0.717, 1.165) is 28.2 Å². The van der Waals surface area contributed by atoms with E-state index < -0.39 is 0 Å². The van der Waals surface area contributed by atoms with Crippen LogP contribution in [0.5, 0.6) is 5.75 Å². The van der Waals surface area contributed by atoms with Crippen molar-refractivity contribution in [1.82, 2.24) is 9.55 Å². The molecule has 0 aliphatic carbocycles. The number of pyridine rings is 1. The van der Waals surface area contributed by atoms with Gasteiger partial charge >= 0.3 is 0 Å². The van der Waals surface area contributed by atoms with Gasteiger partial charge in [-0.3, -0.25) is 4.98 Å². The Morgan fingerprint density at radius 2 is 2.10 bits per heavy atom. The molecule has 0 saturated heterocycles. The third-order valence-electron chi connectivity index (χ3n) is 3.31. The van der Waals surface area contributed by atoms with E-state index in [0.29, 0.717) is 0 Å². The first-order valence-corrected chi connectivity index (χ1v) is 7.21. The van der Waals surface area contributed by atoms with Gasteiger partial charge in [0.15, 0.2) is 0 Å². The average Bonchev–Trinajstić information content (AvgIpc) is 2.83. The Kier molecular flexibility index (Phi) is 3.49. The lowest BCUT2D eigenvalue weighted by atomic mass is 10.2. The maximum atomic E-state index is 5.30. The molecular weight excluding hydrogens is 316 g/mol. The highest BCUT2D eigenvalue weighted by Gasteiger charge is 2.06. The molecule has 3 nitrogen and oxygen atoms in total. The summed E-state index contributed by atoms with van der Waals surface area (Å²) >= 11 is 3.58. The van der Waals surface area contributed by atoms with Crippen molar-refractivity contribution in [2.75, 3.05) is 7.11 Å². The molecule has 0 bridgehead atoms. The number of hydrogen-bond donors (Lipinski definition) is 0. The molecule has 102 valence electrons. The van der Waals surface area contributed by atoms with Crippen LogP contribution in [0.25, 0.3) is 10.9 Å². The standard InChI is InChI=1S/C16H15BrN2O/c1-11-8-13(20-2)9-12(18-11)10-19-7-6-14-15(17)4-3-5-16(14)19/h3-9H,10H2,1-2H3. The molecule has 2 heterocycles. The van der Waals surface area contributed by atoms with E-state index in [1.807, 2.05) is 25.1 Å². The van der Waals surface area contributed by atoms with E-state index in [-0.39, 0.29) is 0 Å². The summed E-state index contributed by atoms with van der Waals surface area (Å²) in [7, 11) is 1.68. The van der Waals surface area contributed by atoms with Crippen LogP contribution in [0.1, 0.15) is 11.4 Å². The fraction of sp³-hybridized carbons (Fsp3) is 0.188. The van der Waals surface area contributed by atoms with Gasteiger partial charge in [-0.25, -0.2) is 0 Å². The predicted octanol–water partition coefficient (Wildman–Crippen LogP) is 4.16. The summed E-state index contributed by atoms with van der Waals surface area (Å²) in [6.45, 7) is 2.72. The molecule has 4 heteroatoms. The zero-order valence-electron chi connectivity index (χ0n) is 11.4.